The van der Waals surface area contributed by atoms with Crippen LogP contribution in [0.4, 0.5) is 0 Å². The predicted octanol–water partition coefficient (Wildman–Crippen LogP) is 8.32. The molecule has 0 rings (SSSR count). The molecule has 0 aromatic heterocycles. The van der Waals surface area contributed by atoms with Crippen LogP contribution in [0.15, 0.2) is 0 Å². The van der Waals surface area contributed by atoms with Crippen molar-refractivity contribution in [2.24, 2.45) is 0 Å². The van der Waals surface area contributed by atoms with Gasteiger partial charge in [-0.15, -0.1) is 0 Å². The molecule has 3 nitrogen and oxygen atoms in total. The van der Waals surface area contributed by atoms with Gasteiger partial charge in [0.15, 0.2) is 0 Å². The molecule has 0 bridgehead atoms. The molecule has 0 spiro atoms. The summed E-state index contributed by atoms with van der Waals surface area (Å²) < 4.78 is 0. The fourth-order valence-corrected chi connectivity index (χ4v) is 3.22. The molecule has 0 N–H and O–H groups in total. The standard InChI is InChI=1S/C23H48O3/c1-3-5-7-8-9-10-11-12-13-14-15-16-17-18-19-21-23-25-26-24-22-20-6-4-2/h3-23H2,1-2H3. The molecule has 0 fully saturated rings. The molecule has 0 aliphatic rings. The Kier molecular flexibility index (Phi) is 24.8. The molecule has 0 saturated heterocycles. The van der Waals surface area contributed by atoms with E-state index in [1.807, 2.05) is 0 Å². The van der Waals surface area contributed by atoms with Crippen molar-refractivity contribution < 1.29 is 14.8 Å². The zero-order valence-corrected chi connectivity index (χ0v) is 18.1. The van der Waals surface area contributed by atoms with Gasteiger partial charge in [-0.2, -0.15) is 0 Å². The van der Waals surface area contributed by atoms with Gasteiger partial charge in [-0.05, 0) is 12.8 Å². The van der Waals surface area contributed by atoms with Gasteiger partial charge in [0.1, 0.15) is 0 Å². The van der Waals surface area contributed by atoms with Crippen LogP contribution < -0.4 is 0 Å². The average molecular weight is 373 g/mol. The smallest absolute Gasteiger partial charge is 0.0853 e. The quantitative estimate of drug-likeness (QED) is 0.102. The number of hydrogen-bond donors (Lipinski definition) is 0. The van der Waals surface area contributed by atoms with Gasteiger partial charge in [0.05, 0.1) is 13.2 Å². The number of hydrogen-bond acceptors (Lipinski definition) is 3. The Bertz CT molecular complexity index is 209. The Balaban J connectivity index is 2.95. The third kappa shape index (κ3) is 23.9. The number of unbranched alkanes of at least 4 members (excludes halogenated alkanes) is 17. The first-order valence-corrected chi connectivity index (χ1v) is 11.8. The van der Waals surface area contributed by atoms with Crippen LogP contribution in [0.3, 0.4) is 0 Å². The zero-order valence-electron chi connectivity index (χ0n) is 18.1. The molecule has 0 amide bonds. The first-order valence-electron chi connectivity index (χ1n) is 11.8. The molecule has 0 aliphatic carbocycles. The third-order valence-corrected chi connectivity index (χ3v) is 5.01. The summed E-state index contributed by atoms with van der Waals surface area (Å²) in [6.07, 6.45) is 25.6. The van der Waals surface area contributed by atoms with Crippen molar-refractivity contribution in [3.8, 4) is 0 Å². The van der Waals surface area contributed by atoms with Gasteiger partial charge in [0, 0.05) is 0 Å². The lowest BCUT2D eigenvalue weighted by Gasteiger charge is -2.04. The van der Waals surface area contributed by atoms with E-state index in [1.165, 1.54) is 109 Å². The maximum Gasteiger partial charge on any atom is 0.0853 e. The molecule has 0 heterocycles. The van der Waals surface area contributed by atoms with Crippen molar-refractivity contribution in [3.05, 3.63) is 0 Å². The maximum absolute atomic E-state index is 5.01. The molecule has 0 radical (unpaired) electrons. The van der Waals surface area contributed by atoms with Gasteiger partial charge in [-0.3, -0.25) is 0 Å². The summed E-state index contributed by atoms with van der Waals surface area (Å²) in [6, 6.07) is 0. The molecule has 0 aromatic carbocycles. The summed E-state index contributed by atoms with van der Waals surface area (Å²) in [6.45, 7) is 5.74. The summed E-state index contributed by atoms with van der Waals surface area (Å²) in [5.41, 5.74) is 0. The third-order valence-electron chi connectivity index (χ3n) is 5.01. The average Bonchev–Trinajstić information content (AvgIpc) is 2.66. The second-order valence-electron chi connectivity index (χ2n) is 7.72. The summed E-state index contributed by atoms with van der Waals surface area (Å²) in [5, 5.41) is 4.70. The molecule has 0 aromatic rings. The van der Waals surface area contributed by atoms with E-state index >= 15 is 0 Å². The van der Waals surface area contributed by atoms with Crippen molar-refractivity contribution in [3.63, 3.8) is 0 Å². The second kappa shape index (κ2) is 24.9. The fraction of sp³-hybridized carbons (Fsp3) is 1.00. The van der Waals surface area contributed by atoms with E-state index < -0.39 is 0 Å². The van der Waals surface area contributed by atoms with Crippen molar-refractivity contribution in [1.29, 1.82) is 0 Å². The van der Waals surface area contributed by atoms with E-state index in [1.54, 1.807) is 0 Å². The summed E-state index contributed by atoms with van der Waals surface area (Å²) >= 11 is 0. The topological polar surface area (TPSA) is 27.7 Å². The van der Waals surface area contributed by atoms with E-state index in [0.717, 1.165) is 12.8 Å². The molecule has 0 saturated carbocycles. The SMILES string of the molecule is CCCCCCCCCCCCCCCCCCOOOCCCCC. The molecule has 3 heteroatoms. The van der Waals surface area contributed by atoms with Gasteiger partial charge < -0.3 is 0 Å². The Morgan fingerprint density at radius 3 is 1.00 bits per heavy atom. The monoisotopic (exact) mass is 372 g/mol. The highest BCUT2D eigenvalue weighted by Crippen LogP contribution is 2.13. The first kappa shape index (κ1) is 25.9. The van der Waals surface area contributed by atoms with Crippen LogP contribution in [0.2, 0.25) is 0 Å². The predicted molar refractivity (Wildman–Crippen MR) is 112 cm³/mol. The molecule has 158 valence electrons. The molecule has 0 atom stereocenters. The fourth-order valence-electron chi connectivity index (χ4n) is 3.22. The highest BCUT2D eigenvalue weighted by molar-refractivity contribution is 4.49. The lowest BCUT2D eigenvalue weighted by molar-refractivity contribution is -0.512. The lowest BCUT2D eigenvalue weighted by atomic mass is 10.0. The van der Waals surface area contributed by atoms with Crippen LogP contribution >= 0.6 is 0 Å². The van der Waals surface area contributed by atoms with Crippen LogP contribution in [0.25, 0.3) is 0 Å². The normalized spacial score (nSPS) is 11.3. The highest BCUT2D eigenvalue weighted by Gasteiger charge is 1.95. The van der Waals surface area contributed by atoms with Crippen LogP contribution in [0.5, 0.6) is 0 Å². The van der Waals surface area contributed by atoms with E-state index in [0.29, 0.717) is 13.2 Å². The summed E-state index contributed by atoms with van der Waals surface area (Å²) in [7, 11) is 0. The van der Waals surface area contributed by atoms with Crippen LogP contribution in [0, 0.1) is 0 Å². The highest BCUT2D eigenvalue weighted by atomic mass is 17.5. The number of rotatable bonds is 23. The zero-order chi connectivity index (χ0) is 19.0. The minimum Gasteiger partial charge on any atom is -0.206 e. The van der Waals surface area contributed by atoms with Crippen LogP contribution in [-0.2, 0) is 14.8 Å². The lowest BCUT2D eigenvalue weighted by Crippen LogP contribution is -2.00. The van der Waals surface area contributed by atoms with Crippen molar-refractivity contribution in [2.45, 2.75) is 136 Å². The van der Waals surface area contributed by atoms with E-state index in [9.17, 15) is 0 Å². The van der Waals surface area contributed by atoms with Gasteiger partial charge in [-0.25, -0.2) is 9.78 Å². The van der Waals surface area contributed by atoms with E-state index in [2.05, 4.69) is 13.8 Å². The molecule has 0 unspecified atom stereocenters. The Morgan fingerprint density at radius 1 is 0.346 bits per heavy atom. The largest absolute Gasteiger partial charge is 0.206 e. The first-order chi connectivity index (χ1) is 12.9. The minimum atomic E-state index is 0.632. The Morgan fingerprint density at radius 2 is 0.615 bits per heavy atom. The summed E-state index contributed by atoms with van der Waals surface area (Å²) in [4.78, 5) is 9.95. The molecular weight excluding hydrogens is 324 g/mol. The van der Waals surface area contributed by atoms with Gasteiger partial charge in [0.25, 0.3) is 0 Å². The van der Waals surface area contributed by atoms with Gasteiger partial charge in [-0.1, -0.05) is 128 Å². The van der Waals surface area contributed by atoms with Crippen LogP contribution in [-0.4, -0.2) is 13.2 Å². The molecule has 0 aliphatic heterocycles. The second-order valence-corrected chi connectivity index (χ2v) is 7.72. The van der Waals surface area contributed by atoms with Gasteiger partial charge in [0.2, 0.25) is 0 Å². The Hall–Kier alpha value is -0.120. The molecule has 26 heavy (non-hydrogen) atoms. The van der Waals surface area contributed by atoms with E-state index in [-0.39, 0.29) is 0 Å². The summed E-state index contributed by atoms with van der Waals surface area (Å²) in [5.74, 6) is 0. The maximum atomic E-state index is 5.01. The minimum absolute atomic E-state index is 0.632. The Labute approximate surface area is 164 Å². The molecular formula is C23H48O3. The van der Waals surface area contributed by atoms with Crippen molar-refractivity contribution in [1.82, 2.24) is 0 Å². The van der Waals surface area contributed by atoms with Gasteiger partial charge >= 0.3 is 0 Å². The van der Waals surface area contributed by atoms with E-state index in [4.69, 9.17) is 14.8 Å². The van der Waals surface area contributed by atoms with Crippen LogP contribution in [0.1, 0.15) is 136 Å². The van der Waals surface area contributed by atoms with Crippen molar-refractivity contribution in [2.75, 3.05) is 13.2 Å². The van der Waals surface area contributed by atoms with Crippen molar-refractivity contribution >= 4 is 0 Å².